The van der Waals surface area contributed by atoms with Crippen LogP contribution in [-0.2, 0) is 0 Å². The molecular formula is C45H30N4O. The van der Waals surface area contributed by atoms with Crippen molar-refractivity contribution in [1.82, 2.24) is 15.0 Å². The highest BCUT2D eigenvalue weighted by atomic mass is 16.5. The summed E-state index contributed by atoms with van der Waals surface area (Å²) in [5, 5.41) is 0. The summed E-state index contributed by atoms with van der Waals surface area (Å²) in [6.45, 7) is 0. The van der Waals surface area contributed by atoms with Crippen LogP contribution in [0.25, 0.3) is 56.4 Å². The van der Waals surface area contributed by atoms with Crippen molar-refractivity contribution in [3.63, 3.8) is 0 Å². The third-order valence-corrected chi connectivity index (χ3v) is 8.89. The first-order valence-corrected chi connectivity index (χ1v) is 16.6. The molecule has 0 radical (unpaired) electrons. The van der Waals surface area contributed by atoms with Gasteiger partial charge in [-0.25, -0.2) is 15.0 Å². The Bertz CT molecular complexity index is 2410. The van der Waals surface area contributed by atoms with Gasteiger partial charge in [-0.2, -0.15) is 0 Å². The number of benzene rings is 7. The summed E-state index contributed by atoms with van der Waals surface area (Å²) in [5.74, 6) is 3.54. The van der Waals surface area contributed by atoms with E-state index in [1.807, 2.05) is 84.9 Å². The molecule has 1 aromatic heterocycles. The van der Waals surface area contributed by atoms with E-state index < -0.39 is 0 Å². The average Bonchev–Trinajstić information content (AvgIpc) is 3.20. The molecule has 236 valence electrons. The topological polar surface area (TPSA) is 51.1 Å². The molecule has 9 rings (SSSR count). The molecule has 0 aliphatic carbocycles. The van der Waals surface area contributed by atoms with E-state index >= 15 is 0 Å². The first kappa shape index (κ1) is 29.3. The second-order valence-electron chi connectivity index (χ2n) is 12.1. The van der Waals surface area contributed by atoms with Crippen molar-refractivity contribution in [2.75, 3.05) is 4.90 Å². The van der Waals surface area contributed by atoms with Crippen LogP contribution in [0.2, 0.25) is 0 Å². The van der Waals surface area contributed by atoms with Crippen LogP contribution < -0.4 is 9.64 Å². The second-order valence-corrected chi connectivity index (χ2v) is 12.1. The molecule has 0 spiro atoms. The van der Waals surface area contributed by atoms with E-state index in [0.29, 0.717) is 17.5 Å². The number of fused-ring (bicyclic) bond motifs is 2. The molecule has 2 heterocycles. The Morgan fingerprint density at radius 1 is 0.320 bits per heavy atom. The lowest BCUT2D eigenvalue weighted by atomic mass is 10.0. The predicted molar refractivity (Wildman–Crippen MR) is 202 cm³/mol. The summed E-state index contributed by atoms with van der Waals surface area (Å²) in [4.78, 5) is 17.1. The molecule has 0 atom stereocenters. The summed E-state index contributed by atoms with van der Waals surface area (Å²) in [6, 6.07) is 62.2. The quantitative estimate of drug-likeness (QED) is 0.181. The number of nitrogens with zero attached hydrogens (tertiary/aromatic N) is 4. The molecule has 0 fully saturated rings. The van der Waals surface area contributed by atoms with Gasteiger partial charge in [0.1, 0.15) is 0 Å². The van der Waals surface area contributed by atoms with Crippen LogP contribution in [0.5, 0.6) is 11.5 Å². The Kier molecular flexibility index (Phi) is 7.41. The van der Waals surface area contributed by atoms with E-state index in [-0.39, 0.29) is 0 Å². The number of anilines is 3. The van der Waals surface area contributed by atoms with E-state index in [1.54, 1.807) is 0 Å². The smallest absolute Gasteiger partial charge is 0.164 e. The molecule has 1 aliphatic rings. The average molecular weight is 643 g/mol. The Balaban J connectivity index is 1.12. The van der Waals surface area contributed by atoms with Gasteiger partial charge in [0.25, 0.3) is 0 Å². The van der Waals surface area contributed by atoms with Crippen molar-refractivity contribution < 1.29 is 4.74 Å². The van der Waals surface area contributed by atoms with Gasteiger partial charge in [0.2, 0.25) is 0 Å². The monoisotopic (exact) mass is 642 g/mol. The number of para-hydroxylation sites is 2. The fourth-order valence-electron chi connectivity index (χ4n) is 6.45. The molecule has 5 nitrogen and oxygen atoms in total. The van der Waals surface area contributed by atoms with Crippen molar-refractivity contribution in [1.29, 1.82) is 0 Å². The SMILES string of the molecule is c1ccc(-c2ccc3c(c2)Oc2ccccc2N3c2cccc(-c3cccc(-c4nc(-c5ccccc5)nc(-c5ccccc5)n4)c3)c2)cc1. The third-order valence-electron chi connectivity index (χ3n) is 8.89. The summed E-state index contributed by atoms with van der Waals surface area (Å²) in [7, 11) is 0. The maximum absolute atomic E-state index is 6.49. The first-order chi connectivity index (χ1) is 24.8. The lowest BCUT2D eigenvalue weighted by molar-refractivity contribution is 0.477. The minimum atomic E-state index is 0.626. The third kappa shape index (κ3) is 5.57. The molecule has 1 aliphatic heterocycles. The normalized spacial score (nSPS) is 11.7. The molecular weight excluding hydrogens is 613 g/mol. The molecule has 0 bridgehead atoms. The summed E-state index contributed by atoms with van der Waals surface area (Å²) in [6.07, 6.45) is 0. The summed E-state index contributed by atoms with van der Waals surface area (Å²) >= 11 is 0. The van der Waals surface area contributed by atoms with Crippen LogP contribution in [-0.4, -0.2) is 15.0 Å². The van der Waals surface area contributed by atoms with Crippen molar-refractivity contribution in [2.45, 2.75) is 0 Å². The zero-order chi connectivity index (χ0) is 33.3. The number of ether oxygens (including phenoxy) is 1. The maximum Gasteiger partial charge on any atom is 0.164 e. The van der Waals surface area contributed by atoms with Crippen LogP contribution in [0.1, 0.15) is 0 Å². The zero-order valence-electron chi connectivity index (χ0n) is 27.0. The lowest BCUT2D eigenvalue weighted by Gasteiger charge is -2.33. The molecule has 50 heavy (non-hydrogen) atoms. The molecule has 5 heteroatoms. The van der Waals surface area contributed by atoms with Crippen molar-refractivity contribution >= 4 is 17.1 Å². The highest BCUT2D eigenvalue weighted by Crippen LogP contribution is 2.51. The molecule has 0 saturated carbocycles. The standard InChI is InChI=1S/C45H30N4O/c1-4-14-31(15-5-1)36-26-27-40-42(30-36)50-41-25-11-10-24-39(41)49(40)38-23-13-21-35(29-38)34-20-12-22-37(28-34)45-47-43(32-16-6-2-7-17-32)46-44(48-45)33-18-8-3-9-19-33/h1-30H. The van der Waals surface area contributed by atoms with E-state index in [0.717, 1.165) is 67.5 Å². The fraction of sp³-hybridized carbons (Fsp3) is 0. The Morgan fingerprint density at radius 3 is 1.48 bits per heavy atom. The minimum absolute atomic E-state index is 0.626. The number of rotatable bonds is 6. The van der Waals surface area contributed by atoms with E-state index in [4.69, 9.17) is 19.7 Å². The fourth-order valence-corrected chi connectivity index (χ4v) is 6.45. The van der Waals surface area contributed by atoms with Crippen LogP contribution in [0, 0.1) is 0 Å². The van der Waals surface area contributed by atoms with Gasteiger partial charge >= 0.3 is 0 Å². The van der Waals surface area contributed by atoms with Gasteiger partial charge in [-0.05, 0) is 64.7 Å². The Hall–Kier alpha value is -6.85. The van der Waals surface area contributed by atoms with Crippen molar-refractivity contribution in [3.05, 3.63) is 182 Å². The predicted octanol–water partition coefficient (Wildman–Crippen LogP) is 11.8. The Morgan fingerprint density at radius 2 is 0.800 bits per heavy atom. The molecule has 8 aromatic rings. The maximum atomic E-state index is 6.49. The van der Waals surface area contributed by atoms with E-state index in [2.05, 4.69) is 102 Å². The highest BCUT2D eigenvalue weighted by Gasteiger charge is 2.26. The number of hydrogen-bond acceptors (Lipinski definition) is 5. The van der Waals surface area contributed by atoms with Crippen molar-refractivity contribution in [2.24, 2.45) is 0 Å². The molecule has 0 unspecified atom stereocenters. The molecule has 0 amide bonds. The van der Waals surface area contributed by atoms with Crippen LogP contribution >= 0.6 is 0 Å². The van der Waals surface area contributed by atoms with Gasteiger partial charge in [-0.3, -0.25) is 0 Å². The Labute approximate surface area is 290 Å². The van der Waals surface area contributed by atoms with Gasteiger partial charge in [0.05, 0.1) is 11.4 Å². The minimum Gasteiger partial charge on any atom is -0.453 e. The van der Waals surface area contributed by atoms with E-state index in [1.165, 1.54) is 0 Å². The number of aromatic nitrogens is 3. The lowest BCUT2D eigenvalue weighted by Crippen LogP contribution is -2.15. The molecule has 0 N–H and O–H groups in total. The van der Waals surface area contributed by atoms with Gasteiger partial charge in [-0.15, -0.1) is 0 Å². The molecule has 0 saturated heterocycles. The van der Waals surface area contributed by atoms with Gasteiger partial charge in [-0.1, -0.05) is 140 Å². The highest BCUT2D eigenvalue weighted by molar-refractivity contribution is 5.89. The summed E-state index contributed by atoms with van der Waals surface area (Å²) < 4.78 is 6.49. The largest absolute Gasteiger partial charge is 0.453 e. The van der Waals surface area contributed by atoms with Crippen LogP contribution in [0.15, 0.2) is 182 Å². The molecule has 7 aromatic carbocycles. The van der Waals surface area contributed by atoms with Crippen molar-refractivity contribution in [3.8, 4) is 67.9 Å². The van der Waals surface area contributed by atoms with Gasteiger partial charge in [0.15, 0.2) is 29.0 Å². The van der Waals surface area contributed by atoms with Crippen LogP contribution in [0.3, 0.4) is 0 Å². The van der Waals surface area contributed by atoms with E-state index in [9.17, 15) is 0 Å². The first-order valence-electron chi connectivity index (χ1n) is 16.6. The second kappa shape index (κ2) is 12.6. The van der Waals surface area contributed by atoms with Crippen LogP contribution in [0.4, 0.5) is 17.1 Å². The van der Waals surface area contributed by atoms with Gasteiger partial charge < -0.3 is 9.64 Å². The zero-order valence-corrected chi connectivity index (χ0v) is 27.0. The van der Waals surface area contributed by atoms with Gasteiger partial charge in [0, 0.05) is 22.4 Å². The number of hydrogen-bond donors (Lipinski definition) is 0. The summed E-state index contributed by atoms with van der Waals surface area (Å²) in [5.41, 5.74) is 10.2.